The molecule has 0 aliphatic heterocycles. The van der Waals surface area contributed by atoms with Gasteiger partial charge in [0.25, 0.3) is 5.91 Å². The van der Waals surface area contributed by atoms with Gasteiger partial charge in [-0.05, 0) is 17.5 Å². The Hall–Kier alpha value is -1.40. The number of hydrogen-bond acceptors (Lipinski definition) is 4. The third kappa shape index (κ3) is 2.04. The molecule has 0 spiro atoms. The van der Waals surface area contributed by atoms with E-state index in [1.165, 1.54) is 11.3 Å². The summed E-state index contributed by atoms with van der Waals surface area (Å²) in [6.07, 6.45) is 0. The van der Waals surface area contributed by atoms with Crippen molar-refractivity contribution in [2.24, 2.45) is 5.73 Å². The first-order chi connectivity index (χ1) is 6.16. The Morgan fingerprint density at radius 1 is 1.62 bits per heavy atom. The van der Waals surface area contributed by atoms with Gasteiger partial charge in [0.05, 0.1) is 0 Å². The van der Waals surface area contributed by atoms with Gasteiger partial charge < -0.3 is 10.8 Å². The molecule has 0 atom stereocenters. The van der Waals surface area contributed by atoms with Crippen LogP contribution in [0.1, 0.15) is 0 Å². The number of amides is 3. The molecule has 3 N–H and O–H groups in total. The number of imide groups is 1. The van der Waals surface area contributed by atoms with Crippen molar-refractivity contribution in [2.45, 2.75) is 0 Å². The SMILES string of the molecule is NC(=O)N(C(=O)CO)c1cccs1. The summed E-state index contributed by atoms with van der Waals surface area (Å²) in [4.78, 5) is 22.6. The van der Waals surface area contributed by atoms with Gasteiger partial charge in [-0.15, -0.1) is 11.3 Å². The number of nitrogens with zero attached hydrogens (tertiary/aromatic N) is 1. The number of nitrogens with two attached hydrogens (primary N) is 1. The van der Waals surface area contributed by atoms with E-state index in [9.17, 15) is 9.59 Å². The Morgan fingerprint density at radius 3 is 2.69 bits per heavy atom. The van der Waals surface area contributed by atoms with Gasteiger partial charge in [0.2, 0.25) is 0 Å². The van der Waals surface area contributed by atoms with Crippen molar-refractivity contribution in [3.8, 4) is 0 Å². The molecule has 0 fully saturated rings. The quantitative estimate of drug-likeness (QED) is 0.712. The van der Waals surface area contributed by atoms with Gasteiger partial charge in [-0.1, -0.05) is 0 Å². The van der Waals surface area contributed by atoms with E-state index in [1.807, 2.05) is 0 Å². The molecule has 0 radical (unpaired) electrons. The number of hydrogen-bond donors (Lipinski definition) is 2. The molecular weight excluding hydrogens is 192 g/mol. The van der Waals surface area contributed by atoms with Crippen LogP contribution < -0.4 is 10.6 Å². The number of aliphatic hydroxyl groups excluding tert-OH is 1. The molecule has 0 unspecified atom stereocenters. The molecule has 0 aliphatic rings. The number of aliphatic hydroxyl groups is 1. The summed E-state index contributed by atoms with van der Waals surface area (Å²) in [6.45, 7) is -0.735. The summed E-state index contributed by atoms with van der Waals surface area (Å²) >= 11 is 1.20. The highest BCUT2D eigenvalue weighted by Crippen LogP contribution is 2.20. The predicted molar refractivity (Wildman–Crippen MR) is 48.5 cm³/mol. The molecule has 70 valence electrons. The molecule has 1 aromatic rings. The van der Waals surface area contributed by atoms with E-state index in [2.05, 4.69) is 0 Å². The molecule has 13 heavy (non-hydrogen) atoms. The van der Waals surface area contributed by atoms with Crippen molar-refractivity contribution in [3.05, 3.63) is 17.5 Å². The van der Waals surface area contributed by atoms with Crippen LogP contribution in [0.2, 0.25) is 0 Å². The van der Waals surface area contributed by atoms with Crippen LogP contribution in [0.25, 0.3) is 0 Å². The normalized spacial score (nSPS) is 9.62. The van der Waals surface area contributed by atoms with Crippen molar-refractivity contribution < 1.29 is 14.7 Å². The highest BCUT2D eigenvalue weighted by molar-refractivity contribution is 7.14. The molecule has 1 rings (SSSR count). The fourth-order valence-corrected chi connectivity index (χ4v) is 1.57. The molecule has 0 saturated heterocycles. The monoisotopic (exact) mass is 200 g/mol. The lowest BCUT2D eigenvalue weighted by Crippen LogP contribution is -2.41. The van der Waals surface area contributed by atoms with Gasteiger partial charge in [0.1, 0.15) is 11.6 Å². The third-order valence-corrected chi connectivity index (χ3v) is 2.18. The zero-order chi connectivity index (χ0) is 9.84. The van der Waals surface area contributed by atoms with E-state index in [1.54, 1.807) is 17.5 Å². The van der Waals surface area contributed by atoms with Gasteiger partial charge >= 0.3 is 6.03 Å². The lowest BCUT2D eigenvalue weighted by molar-refractivity contribution is -0.120. The van der Waals surface area contributed by atoms with E-state index >= 15 is 0 Å². The van der Waals surface area contributed by atoms with Crippen LogP contribution in [0, 0.1) is 0 Å². The van der Waals surface area contributed by atoms with Crippen LogP contribution in [0.3, 0.4) is 0 Å². The van der Waals surface area contributed by atoms with Crippen molar-refractivity contribution in [2.75, 3.05) is 11.5 Å². The third-order valence-electron chi connectivity index (χ3n) is 1.33. The fraction of sp³-hybridized carbons (Fsp3) is 0.143. The van der Waals surface area contributed by atoms with Crippen molar-refractivity contribution in [3.63, 3.8) is 0 Å². The van der Waals surface area contributed by atoms with Crippen LogP contribution in [-0.2, 0) is 4.79 Å². The summed E-state index contributed by atoms with van der Waals surface area (Å²) in [5, 5.41) is 10.7. The van der Waals surface area contributed by atoms with Gasteiger partial charge in [-0.25, -0.2) is 9.69 Å². The summed E-state index contributed by atoms with van der Waals surface area (Å²) in [5.41, 5.74) is 4.97. The van der Waals surface area contributed by atoms with Crippen molar-refractivity contribution in [1.82, 2.24) is 0 Å². The number of rotatable bonds is 2. The van der Waals surface area contributed by atoms with Crippen molar-refractivity contribution in [1.29, 1.82) is 0 Å². The fourth-order valence-electron chi connectivity index (χ4n) is 0.822. The Labute approximate surface area is 78.4 Å². The molecule has 1 aromatic heterocycles. The van der Waals surface area contributed by atoms with E-state index in [0.717, 1.165) is 4.90 Å². The number of carbonyl (C=O) groups is 2. The zero-order valence-corrected chi connectivity index (χ0v) is 7.45. The van der Waals surface area contributed by atoms with Gasteiger partial charge in [0.15, 0.2) is 0 Å². The lowest BCUT2D eigenvalue weighted by atomic mass is 10.5. The van der Waals surface area contributed by atoms with E-state index < -0.39 is 18.5 Å². The zero-order valence-electron chi connectivity index (χ0n) is 6.64. The Bertz CT molecular complexity index is 310. The number of primary amides is 1. The second-order valence-electron chi connectivity index (χ2n) is 2.18. The van der Waals surface area contributed by atoms with Crippen LogP contribution in [-0.4, -0.2) is 23.7 Å². The average Bonchev–Trinajstić information content (AvgIpc) is 2.56. The Kier molecular flexibility index (Phi) is 2.99. The van der Waals surface area contributed by atoms with E-state index in [-0.39, 0.29) is 0 Å². The lowest BCUT2D eigenvalue weighted by Gasteiger charge is -2.14. The Morgan fingerprint density at radius 2 is 2.31 bits per heavy atom. The minimum Gasteiger partial charge on any atom is -0.387 e. The summed E-state index contributed by atoms with van der Waals surface area (Å²) < 4.78 is 0. The standard InChI is InChI=1S/C7H8N2O3S/c8-7(12)9(5(11)4-10)6-2-1-3-13-6/h1-3,10H,4H2,(H2,8,12). The van der Waals surface area contributed by atoms with Gasteiger partial charge in [0, 0.05) is 0 Å². The summed E-state index contributed by atoms with van der Waals surface area (Å²) in [6, 6.07) is 2.37. The van der Waals surface area contributed by atoms with Crippen LogP contribution in [0.15, 0.2) is 17.5 Å². The first kappa shape index (κ1) is 9.69. The molecule has 5 nitrogen and oxygen atoms in total. The molecule has 1 heterocycles. The molecule has 0 aliphatic carbocycles. The van der Waals surface area contributed by atoms with Crippen LogP contribution >= 0.6 is 11.3 Å². The maximum atomic E-state index is 11.0. The first-order valence-corrected chi connectivity index (χ1v) is 4.31. The minimum atomic E-state index is -0.887. The molecule has 3 amide bonds. The smallest absolute Gasteiger partial charge is 0.326 e. The van der Waals surface area contributed by atoms with Gasteiger partial charge in [-0.2, -0.15) is 0 Å². The van der Waals surface area contributed by atoms with E-state index in [4.69, 9.17) is 10.8 Å². The number of carbonyl (C=O) groups excluding carboxylic acids is 2. The predicted octanol–water partition coefficient (Wildman–Crippen LogP) is 0.152. The van der Waals surface area contributed by atoms with Crippen LogP contribution in [0.4, 0.5) is 9.80 Å². The second kappa shape index (κ2) is 4.01. The molecular formula is C7H8N2O3S. The minimum absolute atomic E-state index is 0.409. The van der Waals surface area contributed by atoms with Crippen molar-refractivity contribution >= 4 is 28.3 Å². The van der Waals surface area contributed by atoms with Crippen LogP contribution in [0.5, 0.6) is 0 Å². The molecule has 6 heteroatoms. The molecule has 0 bridgehead atoms. The van der Waals surface area contributed by atoms with Gasteiger partial charge in [-0.3, -0.25) is 4.79 Å². The number of urea groups is 1. The van der Waals surface area contributed by atoms with E-state index in [0.29, 0.717) is 5.00 Å². The summed E-state index contributed by atoms with van der Waals surface area (Å²) in [5.74, 6) is -0.727. The topological polar surface area (TPSA) is 83.6 Å². The second-order valence-corrected chi connectivity index (χ2v) is 3.10. The molecule has 0 saturated carbocycles. The highest BCUT2D eigenvalue weighted by Gasteiger charge is 2.20. The maximum absolute atomic E-state index is 11.0. The largest absolute Gasteiger partial charge is 0.387 e. The first-order valence-electron chi connectivity index (χ1n) is 3.43. The highest BCUT2D eigenvalue weighted by atomic mass is 32.1. The Balaban J connectivity index is 2.93. The maximum Gasteiger partial charge on any atom is 0.326 e. The number of thiophene rings is 1. The molecule has 0 aromatic carbocycles. The average molecular weight is 200 g/mol. The number of anilines is 1. The summed E-state index contributed by atoms with van der Waals surface area (Å²) in [7, 11) is 0.